The van der Waals surface area contributed by atoms with Gasteiger partial charge in [-0.3, -0.25) is 0 Å². The summed E-state index contributed by atoms with van der Waals surface area (Å²) < 4.78 is 97.2. The molecule has 0 atom stereocenters. The third-order valence-electron chi connectivity index (χ3n) is 3.45. The monoisotopic (exact) mass is 986 g/mol. The van der Waals surface area contributed by atoms with Crippen LogP contribution in [0, 0.1) is 0 Å². The van der Waals surface area contributed by atoms with E-state index >= 15 is 0 Å². The molecule has 1 saturated carbocycles. The fourth-order valence-electron chi connectivity index (χ4n) is 2.74. The van der Waals surface area contributed by atoms with E-state index in [1.165, 1.54) is 0 Å². The topological polar surface area (TPSA) is 512 Å². The second kappa shape index (κ2) is 28.0. The van der Waals surface area contributed by atoms with Gasteiger partial charge in [-0.1, -0.05) is 0 Å². The van der Waals surface area contributed by atoms with Gasteiger partial charge in [-0.05, 0) is 0 Å². The first-order chi connectivity index (χ1) is 17.6. The minimum atomic E-state index is -6.68. The van der Waals surface area contributed by atoms with Crippen molar-refractivity contribution in [2.45, 2.75) is 36.6 Å². The van der Waals surface area contributed by atoms with E-state index in [2.05, 4.69) is 27.1 Å². The molecule has 248 valence electrons. The summed E-state index contributed by atoms with van der Waals surface area (Å²) in [6.07, 6.45) is -21.5. The molecule has 1 aliphatic carbocycles. The van der Waals surface area contributed by atoms with Gasteiger partial charge >= 0.3 is 234 Å². The maximum Gasteiger partial charge on any atom is 2.00 e. The van der Waals surface area contributed by atoms with Crippen molar-refractivity contribution < 1.29 is 132 Å². The minimum Gasteiger partial charge on any atom is -0.790 e. The first-order valence-corrected chi connectivity index (χ1v) is 18.9. The molecule has 41 heteroatoms. The van der Waals surface area contributed by atoms with Crippen molar-refractivity contribution in [2.75, 3.05) is 0 Å². The molecular formula is C6H9Ca6O28P7. The summed E-state index contributed by atoms with van der Waals surface area (Å²) in [6, 6.07) is 0. The Hall–Kier alpha value is 8.33. The molecule has 0 aromatic carbocycles. The largest absolute Gasteiger partial charge is 2.00 e. The molecule has 0 saturated heterocycles. The van der Waals surface area contributed by atoms with Crippen LogP contribution in [0.5, 0.6) is 0 Å². The molecule has 0 spiro atoms. The molecule has 0 radical (unpaired) electrons. The molecule has 47 heavy (non-hydrogen) atoms. The second-order valence-corrected chi connectivity index (χ2v) is 14.3. The summed E-state index contributed by atoms with van der Waals surface area (Å²) in [5, 5.41) is 0. The van der Waals surface area contributed by atoms with E-state index < -0.39 is 91.4 Å². The molecule has 0 aromatic heterocycles. The van der Waals surface area contributed by atoms with E-state index in [0.29, 0.717) is 0 Å². The first kappa shape index (κ1) is 69.9. The van der Waals surface area contributed by atoms with Crippen LogP contribution in [0.4, 0.5) is 0 Å². The molecule has 0 aliphatic heterocycles. The van der Waals surface area contributed by atoms with Crippen LogP contribution in [-0.4, -0.2) is 278 Å². The van der Waals surface area contributed by atoms with E-state index in [4.69, 9.17) is 19.2 Å². The zero-order chi connectivity index (χ0) is 33.2. The normalized spacial score (nSPS) is 23.7. The molecule has 0 aromatic rings. The van der Waals surface area contributed by atoms with Gasteiger partial charge in [-0.15, -0.1) is 0 Å². The van der Waals surface area contributed by atoms with Crippen LogP contribution in [0.2, 0.25) is 0 Å². The maximum atomic E-state index is 11.1. The summed E-state index contributed by atoms with van der Waals surface area (Å²) >= 11 is 0. The minimum absolute atomic E-state index is 0. The Morgan fingerprint density at radius 3 is 0.404 bits per heavy atom. The van der Waals surface area contributed by atoms with Crippen molar-refractivity contribution >= 4 is 281 Å². The second-order valence-electron chi connectivity index (χ2n) is 6.62. The van der Waals surface area contributed by atoms with Crippen LogP contribution >= 0.6 is 54.8 Å². The number of hydrogen-bond acceptors (Lipinski definition) is 25. The van der Waals surface area contributed by atoms with Gasteiger partial charge in [0.25, 0.3) is 0 Å². The Bertz CT molecular complexity index is 987. The van der Waals surface area contributed by atoms with Gasteiger partial charge in [-0.2, -0.15) is 0 Å². The summed E-state index contributed by atoms with van der Waals surface area (Å²) in [4.78, 5) is 155. The van der Waals surface area contributed by atoms with E-state index in [-0.39, 0.29) is 226 Å². The number of phosphoric ester groups is 6. The third-order valence-corrected chi connectivity index (χ3v) is 6.46. The van der Waals surface area contributed by atoms with Crippen molar-refractivity contribution in [3.05, 3.63) is 0 Å². The van der Waals surface area contributed by atoms with Crippen LogP contribution in [0.3, 0.4) is 0 Å². The molecule has 0 amide bonds. The molecule has 3 N–H and O–H groups in total. The zero-order valence-electron chi connectivity index (χ0n) is 22.4. The number of rotatable bonds is 12. The molecule has 1 fully saturated rings. The fourth-order valence-corrected chi connectivity index (χ4v) is 5.96. The Morgan fingerprint density at radius 2 is 0.362 bits per heavy atom. The van der Waals surface area contributed by atoms with Crippen molar-refractivity contribution in [1.82, 2.24) is 0 Å². The van der Waals surface area contributed by atoms with Gasteiger partial charge in [0, 0.05) is 0 Å². The summed E-state index contributed by atoms with van der Waals surface area (Å²) in [6.45, 7) is 0. The van der Waals surface area contributed by atoms with Crippen LogP contribution in [0.15, 0.2) is 0 Å². The standard InChI is InChI=1S/C6H18O24P6.6Ca.H3O4P/c7-31(8,9)25-1-2(26-32(10,11)12)4(28-34(16,17)18)6(30-36(22,23)24)5(29-35(19,20)21)3(1)27-33(13,14)15;;;;;;;1-5(2,3)4/h1-6H,(H2,7,8,9)(H2,10,11,12)(H2,13,14,15)(H2,16,17,18)(H2,19,20,21)(H2,22,23,24);;;;;;;(H3,1,2,3,4)/q;6*+2;/p-12/t1-,2-,3-,4+,5-,6-;;;;;;;. The summed E-state index contributed by atoms with van der Waals surface area (Å²) in [5.41, 5.74) is 0. The molecule has 1 aliphatic rings. The van der Waals surface area contributed by atoms with Gasteiger partial charge in [0.1, 0.15) is 36.6 Å². The van der Waals surface area contributed by atoms with Crippen molar-refractivity contribution in [3.8, 4) is 0 Å². The maximum absolute atomic E-state index is 11.1. The van der Waals surface area contributed by atoms with Crippen LogP contribution < -0.4 is 58.7 Å². The average Bonchev–Trinajstić information content (AvgIpc) is 2.56. The Balaban J connectivity index is -0.000000269. The number of phosphoric acid groups is 7. The van der Waals surface area contributed by atoms with Gasteiger partial charge in [0.05, 0.1) is 46.9 Å². The fraction of sp³-hybridized carbons (Fsp3) is 1.00. The quantitative estimate of drug-likeness (QED) is 0.121. The smallest absolute Gasteiger partial charge is 0.790 e. The van der Waals surface area contributed by atoms with Crippen LogP contribution in [0.1, 0.15) is 0 Å². The van der Waals surface area contributed by atoms with Crippen LogP contribution in [-0.2, 0) is 59.1 Å². The molecule has 1 rings (SSSR count). The molecule has 28 nitrogen and oxygen atoms in total. The van der Waals surface area contributed by atoms with E-state index in [1.807, 2.05) is 0 Å². The van der Waals surface area contributed by atoms with Gasteiger partial charge in [0.15, 0.2) is 0 Å². The van der Waals surface area contributed by atoms with E-state index in [1.54, 1.807) is 0 Å². The zero-order valence-corrected chi connectivity index (χ0v) is 41.9. The summed E-state index contributed by atoms with van der Waals surface area (Å²) in [7, 11) is -44.7. The van der Waals surface area contributed by atoms with Gasteiger partial charge < -0.3 is 128 Å². The van der Waals surface area contributed by atoms with Gasteiger partial charge in [0.2, 0.25) is 0 Å². The third kappa shape index (κ3) is 38.3. The van der Waals surface area contributed by atoms with E-state index in [9.17, 15) is 86.1 Å². The van der Waals surface area contributed by atoms with E-state index in [0.717, 1.165) is 0 Å². The number of hydrogen-bond donors (Lipinski definition) is 3. The first-order valence-electron chi connectivity index (χ1n) is 8.58. The Labute approximate surface area is 441 Å². The van der Waals surface area contributed by atoms with Crippen molar-refractivity contribution in [1.29, 1.82) is 0 Å². The molecule has 0 bridgehead atoms. The average molecular weight is 986 g/mol. The molecular weight excluding hydrogens is 977 g/mol. The predicted molar refractivity (Wildman–Crippen MR) is 124 cm³/mol. The molecule has 0 unspecified atom stereocenters. The van der Waals surface area contributed by atoms with Crippen molar-refractivity contribution in [2.24, 2.45) is 0 Å². The Morgan fingerprint density at radius 1 is 0.298 bits per heavy atom. The van der Waals surface area contributed by atoms with Gasteiger partial charge in [-0.25, -0.2) is 4.57 Å². The SMILES string of the molecule is O=P(O)(O)O.O=P([O-])([O-])O[C@H]1[C@H](OP(=O)([O-])[O-])[C@@H](OP(=O)([O-])[O-])[C@H](OP(=O)([O-])[O-])[C@@H](OP(=O)([O-])[O-])[C@H]1OP(=O)([O-])[O-].[Ca+2].[Ca+2].[Ca+2].[Ca+2].[Ca+2].[Ca+2]. The Kier molecular flexibility index (Phi) is 41.6. The summed E-state index contributed by atoms with van der Waals surface area (Å²) in [5.74, 6) is 0. The molecule has 0 heterocycles. The van der Waals surface area contributed by atoms with Crippen LogP contribution in [0.25, 0.3) is 0 Å². The van der Waals surface area contributed by atoms with Crippen molar-refractivity contribution in [3.63, 3.8) is 0 Å². The predicted octanol–water partition coefficient (Wildman–Crippen LogP) is -13.9.